The quantitative estimate of drug-likeness (QED) is 0.853. The summed E-state index contributed by atoms with van der Waals surface area (Å²) in [6.45, 7) is 8.40. The molecule has 0 bridgehead atoms. The standard InChI is InChI=1S/C16H25N3O/c1-2-18-9-10-20-13(11-18)12-19-8-4-5-14-15(17)6-3-7-16(14)19/h3,6-7,13H,2,4-5,8-12,17H2,1H3. The Morgan fingerprint density at radius 1 is 1.35 bits per heavy atom. The van der Waals surface area contributed by atoms with E-state index in [2.05, 4.69) is 28.9 Å². The van der Waals surface area contributed by atoms with Crippen molar-refractivity contribution in [2.45, 2.75) is 25.9 Å². The molecule has 0 saturated carbocycles. The van der Waals surface area contributed by atoms with Crippen LogP contribution in [0.5, 0.6) is 0 Å². The van der Waals surface area contributed by atoms with Gasteiger partial charge in [0.25, 0.3) is 0 Å². The highest BCUT2D eigenvalue weighted by Crippen LogP contribution is 2.31. The second-order valence-electron chi connectivity index (χ2n) is 5.78. The minimum Gasteiger partial charge on any atom is -0.398 e. The summed E-state index contributed by atoms with van der Waals surface area (Å²) in [5.74, 6) is 0. The highest BCUT2D eigenvalue weighted by Gasteiger charge is 2.25. The van der Waals surface area contributed by atoms with Gasteiger partial charge in [-0.05, 0) is 37.1 Å². The lowest BCUT2D eigenvalue weighted by Crippen LogP contribution is -2.48. The number of rotatable bonds is 3. The van der Waals surface area contributed by atoms with Crippen LogP contribution in [0.15, 0.2) is 18.2 Å². The maximum absolute atomic E-state index is 6.11. The molecule has 2 aliphatic heterocycles. The molecule has 1 unspecified atom stereocenters. The molecule has 1 aromatic rings. The lowest BCUT2D eigenvalue weighted by Gasteiger charge is -2.38. The van der Waals surface area contributed by atoms with Gasteiger partial charge in [-0.15, -0.1) is 0 Å². The Morgan fingerprint density at radius 2 is 2.25 bits per heavy atom. The van der Waals surface area contributed by atoms with E-state index < -0.39 is 0 Å². The predicted octanol–water partition coefficient (Wildman–Crippen LogP) is 1.74. The van der Waals surface area contributed by atoms with Gasteiger partial charge in [-0.2, -0.15) is 0 Å². The number of morpholine rings is 1. The number of benzene rings is 1. The summed E-state index contributed by atoms with van der Waals surface area (Å²) in [4.78, 5) is 4.93. The van der Waals surface area contributed by atoms with Gasteiger partial charge in [0.15, 0.2) is 0 Å². The van der Waals surface area contributed by atoms with Crippen LogP contribution in [0.1, 0.15) is 18.9 Å². The highest BCUT2D eigenvalue weighted by atomic mass is 16.5. The molecule has 4 heteroatoms. The number of nitrogens with two attached hydrogens (primary N) is 1. The van der Waals surface area contributed by atoms with Gasteiger partial charge in [-0.1, -0.05) is 13.0 Å². The van der Waals surface area contributed by atoms with Gasteiger partial charge in [0.05, 0.1) is 12.7 Å². The fraction of sp³-hybridized carbons (Fsp3) is 0.625. The summed E-state index contributed by atoms with van der Waals surface area (Å²) in [5.41, 5.74) is 9.69. The SMILES string of the molecule is CCN1CCOC(CN2CCCc3c(N)cccc32)C1. The second kappa shape index (κ2) is 6.02. The maximum Gasteiger partial charge on any atom is 0.0877 e. The lowest BCUT2D eigenvalue weighted by atomic mass is 9.99. The van der Waals surface area contributed by atoms with Crippen molar-refractivity contribution in [1.29, 1.82) is 0 Å². The van der Waals surface area contributed by atoms with E-state index in [0.29, 0.717) is 6.10 Å². The van der Waals surface area contributed by atoms with Crippen LogP contribution in [0.25, 0.3) is 0 Å². The van der Waals surface area contributed by atoms with E-state index >= 15 is 0 Å². The van der Waals surface area contributed by atoms with Crippen LogP contribution in [-0.4, -0.2) is 50.3 Å². The van der Waals surface area contributed by atoms with Gasteiger partial charge in [0, 0.05) is 37.6 Å². The number of nitrogen functional groups attached to an aromatic ring is 1. The van der Waals surface area contributed by atoms with E-state index in [-0.39, 0.29) is 0 Å². The monoisotopic (exact) mass is 275 g/mol. The summed E-state index contributed by atoms with van der Waals surface area (Å²) in [5, 5.41) is 0. The fourth-order valence-electron chi connectivity index (χ4n) is 3.34. The van der Waals surface area contributed by atoms with E-state index in [1.165, 1.54) is 17.7 Å². The number of fused-ring (bicyclic) bond motifs is 1. The Balaban J connectivity index is 1.71. The van der Waals surface area contributed by atoms with E-state index in [4.69, 9.17) is 10.5 Å². The number of hydrogen-bond acceptors (Lipinski definition) is 4. The number of hydrogen-bond donors (Lipinski definition) is 1. The van der Waals surface area contributed by atoms with Crippen LogP contribution in [-0.2, 0) is 11.2 Å². The third kappa shape index (κ3) is 2.76. The molecule has 2 aliphatic rings. The zero-order valence-corrected chi connectivity index (χ0v) is 12.3. The van der Waals surface area contributed by atoms with Crippen molar-refractivity contribution < 1.29 is 4.74 Å². The van der Waals surface area contributed by atoms with E-state index in [0.717, 1.165) is 51.4 Å². The molecule has 4 nitrogen and oxygen atoms in total. The minimum atomic E-state index is 0.316. The molecule has 20 heavy (non-hydrogen) atoms. The van der Waals surface area contributed by atoms with Crippen molar-refractivity contribution in [3.8, 4) is 0 Å². The smallest absolute Gasteiger partial charge is 0.0877 e. The molecule has 1 saturated heterocycles. The van der Waals surface area contributed by atoms with Gasteiger partial charge >= 0.3 is 0 Å². The first-order valence-corrected chi connectivity index (χ1v) is 7.74. The van der Waals surface area contributed by atoms with Crippen LogP contribution in [0.3, 0.4) is 0 Å². The summed E-state index contributed by atoms with van der Waals surface area (Å²) < 4.78 is 5.94. The Bertz CT molecular complexity index is 463. The zero-order valence-electron chi connectivity index (χ0n) is 12.3. The Kier molecular flexibility index (Phi) is 4.13. The molecule has 110 valence electrons. The van der Waals surface area contributed by atoms with Gasteiger partial charge in [-0.3, -0.25) is 4.90 Å². The topological polar surface area (TPSA) is 41.7 Å². The summed E-state index contributed by atoms with van der Waals surface area (Å²) >= 11 is 0. The molecule has 0 spiro atoms. The Hall–Kier alpha value is -1.26. The van der Waals surface area contributed by atoms with Crippen molar-refractivity contribution in [3.05, 3.63) is 23.8 Å². The van der Waals surface area contributed by atoms with E-state index in [9.17, 15) is 0 Å². The van der Waals surface area contributed by atoms with Crippen LogP contribution < -0.4 is 10.6 Å². The summed E-state index contributed by atoms with van der Waals surface area (Å²) in [6, 6.07) is 6.27. The molecule has 2 heterocycles. The number of likely N-dealkylation sites (N-methyl/N-ethyl adjacent to an activating group) is 1. The van der Waals surface area contributed by atoms with Gasteiger partial charge in [0.2, 0.25) is 0 Å². The molecule has 0 aliphatic carbocycles. The fourth-order valence-corrected chi connectivity index (χ4v) is 3.34. The first-order valence-electron chi connectivity index (χ1n) is 7.74. The van der Waals surface area contributed by atoms with Gasteiger partial charge in [-0.25, -0.2) is 0 Å². The summed E-state index contributed by atoms with van der Waals surface area (Å²) in [6.07, 6.45) is 2.60. The highest BCUT2D eigenvalue weighted by molar-refractivity contribution is 5.66. The molecule has 0 radical (unpaired) electrons. The van der Waals surface area contributed by atoms with Gasteiger partial charge in [0.1, 0.15) is 0 Å². The molecule has 1 atom stereocenters. The van der Waals surface area contributed by atoms with Crippen LogP contribution >= 0.6 is 0 Å². The molecular formula is C16H25N3O. The first kappa shape index (κ1) is 13.7. The van der Waals surface area contributed by atoms with Crippen molar-refractivity contribution in [2.75, 3.05) is 50.0 Å². The average Bonchev–Trinajstić information content (AvgIpc) is 2.49. The zero-order chi connectivity index (χ0) is 13.9. The molecule has 0 aromatic heterocycles. The molecule has 2 N–H and O–H groups in total. The number of nitrogens with zero attached hydrogens (tertiary/aromatic N) is 2. The Morgan fingerprint density at radius 3 is 3.10 bits per heavy atom. The lowest BCUT2D eigenvalue weighted by molar-refractivity contribution is -0.0222. The molecule has 1 fully saturated rings. The second-order valence-corrected chi connectivity index (χ2v) is 5.78. The van der Waals surface area contributed by atoms with Crippen LogP contribution in [0, 0.1) is 0 Å². The average molecular weight is 275 g/mol. The van der Waals surface area contributed by atoms with Crippen molar-refractivity contribution in [3.63, 3.8) is 0 Å². The van der Waals surface area contributed by atoms with Crippen molar-refractivity contribution >= 4 is 11.4 Å². The van der Waals surface area contributed by atoms with Gasteiger partial charge < -0.3 is 15.4 Å². The number of ether oxygens (including phenoxy) is 1. The molecular weight excluding hydrogens is 250 g/mol. The van der Waals surface area contributed by atoms with Crippen LogP contribution in [0.4, 0.5) is 11.4 Å². The maximum atomic E-state index is 6.11. The Labute approximate surface area is 121 Å². The van der Waals surface area contributed by atoms with Crippen molar-refractivity contribution in [2.24, 2.45) is 0 Å². The van der Waals surface area contributed by atoms with E-state index in [1.54, 1.807) is 0 Å². The third-order valence-electron chi connectivity index (χ3n) is 4.48. The minimum absolute atomic E-state index is 0.316. The number of anilines is 2. The third-order valence-corrected chi connectivity index (χ3v) is 4.48. The predicted molar refractivity (Wildman–Crippen MR) is 83.2 cm³/mol. The summed E-state index contributed by atoms with van der Waals surface area (Å²) in [7, 11) is 0. The molecule has 1 aromatic carbocycles. The largest absolute Gasteiger partial charge is 0.398 e. The molecule has 3 rings (SSSR count). The van der Waals surface area contributed by atoms with E-state index in [1.807, 2.05) is 6.07 Å². The molecule has 0 amide bonds. The van der Waals surface area contributed by atoms with Crippen molar-refractivity contribution in [1.82, 2.24) is 4.90 Å². The normalized spacial score (nSPS) is 23.6. The van der Waals surface area contributed by atoms with Crippen LogP contribution in [0.2, 0.25) is 0 Å². The first-order chi connectivity index (χ1) is 9.78.